The average Bonchev–Trinajstić information content (AvgIpc) is 2.47. The predicted molar refractivity (Wildman–Crippen MR) is 83.5 cm³/mol. The van der Waals surface area contributed by atoms with Crippen LogP contribution >= 0.6 is 15.9 Å². The first kappa shape index (κ1) is 15.1. The van der Waals surface area contributed by atoms with E-state index in [-0.39, 0.29) is 5.69 Å². The zero-order chi connectivity index (χ0) is 15.4. The van der Waals surface area contributed by atoms with E-state index < -0.39 is 4.92 Å². The van der Waals surface area contributed by atoms with Gasteiger partial charge in [-0.2, -0.15) is 0 Å². The van der Waals surface area contributed by atoms with Crippen LogP contribution in [0.25, 0.3) is 0 Å². The summed E-state index contributed by atoms with van der Waals surface area (Å²) in [6.45, 7) is 1.73. The normalized spacial score (nSPS) is 11.3. The van der Waals surface area contributed by atoms with Gasteiger partial charge in [0.05, 0.1) is 29.0 Å². The Morgan fingerprint density at radius 3 is 2.81 bits per heavy atom. The van der Waals surface area contributed by atoms with E-state index in [0.717, 1.165) is 0 Å². The van der Waals surface area contributed by atoms with Crippen LogP contribution in [0.1, 0.15) is 12.5 Å². The second kappa shape index (κ2) is 6.45. The average molecular weight is 350 g/mol. The Balaban J connectivity index is 2.45. The standard InChI is InChI=1S/C14H12BrN3O3/c1-9(17-11-5-6-16-14(8-11)21-2)12-4-3-10(15)7-13(12)18(19)20/h3-8H,1-2H3/b17-9+. The summed E-state index contributed by atoms with van der Waals surface area (Å²) >= 11 is 3.23. The molecule has 1 aromatic carbocycles. The molecule has 21 heavy (non-hydrogen) atoms. The van der Waals surface area contributed by atoms with Crippen molar-refractivity contribution in [3.63, 3.8) is 0 Å². The van der Waals surface area contributed by atoms with Crippen LogP contribution in [0.2, 0.25) is 0 Å². The number of aromatic nitrogens is 1. The van der Waals surface area contributed by atoms with Gasteiger partial charge in [0.25, 0.3) is 5.69 Å². The van der Waals surface area contributed by atoms with Gasteiger partial charge in [-0.3, -0.25) is 15.1 Å². The second-order valence-electron chi connectivity index (χ2n) is 4.17. The summed E-state index contributed by atoms with van der Waals surface area (Å²) in [5.41, 5.74) is 1.64. The third-order valence-corrected chi connectivity index (χ3v) is 3.26. The predicted octanol–water partition coefficient (Wildman–Crippen LogP) is 3.90. The Bertz CT molecular complexity index is 716. The van der Waals surface area contributed by atoms with E-state index in [0.29, 0.717) is 27.3 Å². The SMILES string of the molecule is COc1cc(/N=C(\C)c2ccc(Br)cc2[N+](=O)[O-])ccn1. The van der Waals surface area contributed by atoms with E-state index in [1.165, 1.54) is 13.2 Å². The molecule has 0 fully saturated rings. The van der Waals surface area contributed by atoms with E-state index >= 15 is 0 Å². The van der Waals surface area contributed by atoms with Gasteiger partial charge < -0.3 is 4.74 Å². The topological polar surface area (TPSA) is 77.6 Å². The summed E-state index contributed by atoms with van der Waals surface area (Å²) < 4.78 is 5.67. The molecule has 0 atom stereocenters. The van der Waals surface area contributed by atoms with Crippen LogP contribution in [0.15, 0.2) is 46.0 Å². The largest absolute Gasteiger partial charge is 0.481 e. The van der Waals surface area contributed by atoms with Gasteiger partial charge in [0.1, 0.15) is 0 Å². The molecule has 0 bridgehead atoms. The smallest absolute Gasteiger partial charge is 0.279 e. The molecule has 6 nitrogen and oxygen atoms in total. The van der Waals surface area contributed by atoms with Crippen LogP contribution in [0, 0.1) is 10.1 Å². The molecule has 0 aliphatic rings. The Morgan fingerprint density at radius 1 is 1.38 bits per heavy atom. The molecule has 0 aliphatic heterocycles. The highest BCUT2D eigenvalue weighted by molar-refractivity contribution is 9.10. The highest BCUT2D eigenvalue weighted by atomic mass is 79.9. The third kappa shape index (κ3) is 3.63. The molecule has 0 aliphatic carbocycles. The number of hydrogen-bond donors (Lipinski definition) is 0. The minimum Gasteiger partial charge on any atom is -0.481 e. The summed E-state index contributed by atoms with van der Waals surface area (Å²) in [4.78, 5) is 19.1. The van der Waals surface area contributed by atoms with E-state index in [1.807, 2.05) is 0 Å². The van der Waals surface area contributed by atoms with Crippen molar-refractivity contribution in [2.75, 3.05) is 7.11 Å². The molecule has 0 amide bonds. The zero-order valence-corrected chi connectivity index (χ0v) is 13.0. The quantitative estimate of drug-likeness (QED) is 0.476. The van der Waals surface area contributed by atoms with E-state index in [9.17, 15) is 10.1 Å². The fourth-order valence-electron chi connectivity index (χ4n) is 1.80. The first-order valence-corrected chi connectivity index (χ1v) is 6.80. The van der Waals surface area contributed by atoms with Crippen LogP contribution in [-0.4, -0.2) is 22.7 Å². The highest BCUT2D eigenvalue weighted by Crippen LogP contribution is 2.26. The minimum absolute atomic E-state index is 0.00615. The molecule has 0 spiro atoms. The fraction of sp³-hybridized carbons (Fsp3) is 0.143. The third-order valence-electron chi connectivity index (χ3n) is 2.77. The van der Waals surface area contributed by atoms with Crippen LogP contribution in [0.5, 0.6) is 5.88 Å². The molecule has 0 unspecified atom stereocenters. The first-order chi connectivity index (χ1) is 10.0. The first-order valence-electron chi connectivity index (χ1n) is 6.01. The Labute approximate surface area is 129 Å². The maximum Gasteiger partial charge on any atom is 0.279 e. The molecule has 108 valence electrons. The van der Waals surface area contributed by atoms with Gasteiger partial charge >= 0.3 is 0 Å². The summed E-state index contributed by atoms with van der Waals surface area (Å²) in [6, 6.07) is 8.24. The van der Waals surface area contributed by atoms with Crippen LogP contribution < -0.4 is 4.74 Å². The van der Waals surface area contributed by atoms with E-state index in [2.05, 4.69) is 25.9 Å². The lowest BCUT2D eigenvalue weighted by molar-refractivity contribution is -0.385. The van der Waals surface area contributed by atoms with Crippen molar-refractivity contribution in [2.24, 2.45) is 4.99 Å². The lowest BCUT2D eigenvalue weighted by Gasteiger charge is -2.04. The van der Waals surface area contributed by atoms with Gasteiger partial charge in [0.15, 0.2) is 0 Å². The lowest BCUT2D eigenvalue weighted by atomic mass is 10.1. The number of ether oxygens (including phenoxy) is 1. The number of pyridine rings is 1. The van der Waals surface area contributed by atoms with E-state index in [4.69, 9.17) is 4.74 Å². The molecular formula is C14H12BrN3O3. The number of nitrogens with zero attached hydrogens (tertiary/aromatic N) is 3. The Hall–Kier alpha value is -2.28. The van der Waals surface area contributed by atoms with Crippen molar-refractivity contribution in [1.29, 1.82) is 0 Å². The number of aliphatic imine (C=N–C) groups is 1. The number of hydrogen-bond acceptors (Lipinski definition) is 5. The molecule has 1 heterocycles. The number of nitro groups is 1. The van der Waals surface area contributed by atoms with Crippen molar-refractivity contribution in [3.8, 4) is 5.88 Å². The summed E-state index contributed by atoms with van der Waals surface area (Å²) in [6.07, 6.45) is 1.57. The molecule has 0 saturated carbocycles. The van der Waals surface area contributed by atoms with Gasteiger partial charge in [-0.05, 0) is 25.1 Å². The Morgan fingerprint density at radius 2 is 2.14 bits per heavy atom. The van der Waals surface area contributed by atoms with Crippen LogP contribution in [0.3, 0.4) is 0 Å². The van der Waals surface area contributed by atoms with Gasteiger partial charge in [0.2, 0.25) is 5.88 Å². The molecule has 7 heteroatoms. The van der Waals surface area contributed by atoms with Crippen molar-refractivity contribution < 1.29 is 9.66 Å². The number of rotatable bonds is 4. The van der Waals surface area contributed by atoms with Gasteiger partial charge in [-0.15, -0.1) is 0 Å². The molecule has 2 aromatic rings. The highest BCUT2D eigenvalue weighted by Gasteiger charge is 2.16. The van der Waals surface area contributed by atoms with Gasteiger partial charge in [-0.25, -0.2) is 4.98 Å². The molecule has 1 aromatic heterocycles. The van der Waals surface area contributed by atoms with Crippen LogP contribution in [0.4, 0.5) is 11.4 Å². The molecule has 0 N–H and O–H groups in total. The summed E-state index contributed by atoms with van der Waals surface area (Å²) in [5, 5.41) is 11.1. The fourth-order valence-corrected chi connectivity index (χ4v) is 2.14. The van der Waals surface area contributed by atoms with Crippen molar-refractivity contribution >= 4 is 33.0 Å². The van der Waals surface area contributed by atoms with E-state index in [1.54, 1.807) is 37.4 Å². The van der Waals surface area contributed by atoms with Crippen molar-refractivity contribution in [1.82, 2.24) is 4.98 Å². The molecule has 2 rings (SSSR count). The zero-order valence-electron chi connectivity index (χ0n) is 11.4. The lowest BCUT2D eigenvalue weighted by Crippen LogP contribution is -2.01. The maximum atomic E-state index is 11.1. The number of benzene rings is 1. The minimum atomic E-state index is -0.424. The maximum absolute atomic E-state index is 11.1. The van der Waals surface area contributed by atoms with Crippen molar-refractivity contribution in [3.05, 3.63) is 56.7 Å². The molecule has 0 saturated heterocycles. The summed E-state index contributed by atoms with van der Waals surface area (Å²) in [5.74, 6) is 0.439. The number of halogens is 1. The number of methoxy groups -OCH3 is 1. The Kier molecular flexibility index (Phi) is 4.64. The van der Waals surface area contributed by atoms with Gasteiger partial charge in [-0.1, -0.05) is 15.9 Å². The van der Waals surface area contributed by atoms with Crippen molar-refractivity contribution in [2.45, 2.75) is 6.92 Å². The summed E-state index contributed by atoms with van der Waals surface area (Å²) in [7, 11) is 1.52. The monoisotopic (exact) mass is 349 g/mol. The molecule has 0 radical (unpaired) electrons. The van der Waals surface area contributed by atoms with Crippen LogP contribution in [-0.2, 0) is 0 Å². The number of nitro benzene ring substituents is 1. The molecular weight excluding hydrogens is 338 g/mol. The second-order valence-corrected chi connectivity index (χ2v) is 5.09. The van der Waals surface area contributed by atoms with Gasteiger partial charge in [0, 0.05) is 22.8 Å².